The van der Waals surface area contributed by atoms with Gasteiger partial charge in [0.1, 0.15) is 5.82 Å². The average molecular weight is 292 g/mol. The molecule has 0 saturated heterocycles. The average Bonchev–Trinajstić information content (AvgIpc) is 2.44. The van der Waals surface area contributed by atoms with Crippen molar-refractivity contribution >= 4 is 11.6 Å². The summed E-state index contributed by atoms with van der Waals surface area (Å²) < 4.78 is 13.8. The second-order valence-electron chi connectivity index (χ2n) is 5.00. The van der Waals surface area contributed by atoms with Gasteiger partial charge in [-0.15, -0.1) is 0 Å². The minimum Gasteiger partial charge on any atom is -0.324 e. The molecule has 0 fully saturated rings. The second kappa shape index (κ2) is 6.87. The molecule has 3 heteroatoms. The lowest BCUT2D eigenvalue weighted by atomic mass is 9.97. The summed E-state index contributed by atoms with van der Waals surface area (Å²) in [6, 6.07) is 12.7. The summed E-state index contributed by atoms with van der Waals surface area (Å²) in [6.07, 6.45) is 2.59. The second-order valence-corrected chi connectivity index (χ2v) is 5.41. The van der Waals surface area contributed by atoms with E-state index in [2.05, 4.69) is 19.1 Å². The molecule has 2 aromatic rings. The molecular weight excluding hydrogens is 273 g/mol. The van der Waals surface area contributed by atoms with E-state index in [-0.39, 0.29) is 11.9 Å². The van der Waals surface area contributed by atoms with Crippen molar-refractivity contribution in [2.75, 3.05) is 0 Å². The topological polar surface area (TPSA) is 26.0 Å². The number of rotatable bonds is 5. The molecule has 2 rings (SSSR count). The first-order valence-corrected chi connectivity index (χ1v) is 7.27. The van der Waals surface area contributed by atoms with E-state index in [9.17, 15) is 4.39 Å². The van der Waals surface area contributed by atoms with Crippen molar-refractivity contribution in [1.29, 1.82) is 0 Å². The molecule has 2 N–H and O–H groups in total. The maximum atomic E-state index is 13.8. The molecule has 1 unspecified atom stereocenters. The third-order valence-corrected chi connectivity index (χ3v) is 3.79. The van der Waals surface area contributed by atoms with Crippen LogP contribution in [0.4, 0.5) is 4.39 Å². The highest BCUT2D eigenvalue weighted by Gasteiger charge is 2.13. The van der Waals surface area contributed by atoms with E-state index < -0.39 is 0 Å². The summed E-state index contributed by atoms with van der Waals surface area (Å²) in [7, 11) is 0. The lowest BCUT2D eigenvalue weighted by molar-refractivity contribution is 0.593. The van der Waals surface area contributed by atoms with Crippen molar-refractivity contribution in [3.8, 4) is 0 Å². The zero-order valence-electron chi connectivity index (χ0n) is 11.6. The van der Waals surface area contributed by atoms with Gasteiger partial charge in [-0.1, -0.05) is 55.3 Å². The Kier molecular flexibility index (Phi) is 5.16. The standard InChI is InChI=1S/C17H19ClFN/c1-2-4-12-7-9-13(10-8-12)17(20)11-14-15(18)5-3-6-16(14)19/h3,5-10,17H,2,4,11,20H2,1H3. The van der Waals surface area contributed by atoms with Crippen LogP contribution in [0.1, 0.15) is 36.1 Å². The summed E-state index contributed by atoms with van der Waals surface area (Å²) in [6.45, 7) is 2.15. The zero-order chi connectivity index (χ0) is 14.5. The zero-order valence-corrected chi connectivity index (χ0v) is 12.3. The molecule has 0 aromatic heterocycles. The first-order valence-electron chi connectivity index (χ1n) is 6.89. The Balaban J connectivity index is 2.13. The van der Waals surface area contributed by atoms with Gasteiger partial charge in [0.15, 0.2) is 0 Å². The molecule has 20 heavy (non-hydrogen) atoms. The van der Waals surface area contributed by atoms with Crippen LogP contribution in [0.5, 0.6) is 0 Å². The molecular formula is C17H19ClFN. The molecule has 1 nitrogen and oxygen atoms in total. The van der Waals surface area contributed by atoms with Gasteiger partial charge in [-0.25, -0.2) is 4.39 Å². The van der Waals surface area contributed by atoms with Gasteiger partial charge < -0.3 is 5.73 Å². The normalized spacial score (nSPS) is 12.4. The van der Waals surface area contributed by atoms with Crippen LogP contribution in [0.15, 0.2) is 42.5 Å². The van der Waals surface area contributed by atoms with Gasteiger partial charge >= 0.3 is 0 Å². The summed E-state index contributed by atoms with van der Waals surface area (Å²) >= 11 is 6.03. The van der Waals surface area contributed by atoms with Crippen molar-refractivity contribution in [3.05, 3.63) is 70.0 Å². The van der Waals surface area contributed by atoms with Crippen molar-refractivity contribution in [1.82, 2.24) is 0 Å². The molecule has 0 spiro atoms. The van der Waals surface area contributed by atoms with E-state index in [4.69, 9.17) is 17.3 Å². The minimum atomic E-state index is -0.296. The highest BCUT2D eigenvalue weighted by atomic mass is 35.5. The molecule has 106 valence electrons. The number of halogens is 2. The SMILES string of the molecule is CCCc1ccc(C(N)Cc2c(F)cccc2Cl)cc1. The van der Waals surface area contributed by atoms with Crippen LogP contribution >= 0.6 is 11.6 Å². The van der Waals surface area contributed by atoms with Crippen molar-refractivity contribution in [2.45, 2.75) is 32.2 Å². The van der Waals surface area contributed by atoms with Gasteiger partial charge in [0.2, 0.25) is 0 Å². The van der Waals surface area contributed by atoms with E-state index in [0.29, 0.717) is 17.0 Å². The molecule has 0 aliphatic carbocycles. The summed E-state index contributed by atoms with van der Waals surface area (Å²) in [5, 5.41) is 0.433. The summed E-state index contributed by atoms with van der Waals surface area (Å²) in [5.74, 6) is -0.296. The largest absolute Gasteiger partial charge is 0.324 e. The Bertz CT molecular complexity index is 545. The van der Waals surface area contributed by atoms with Gasteiger partial charge in [0, 0.05) is 16.6 Å². The number of benzene rings is 2. The van der Waals surface area contributed by atoms with Crippen LogP contribution in [0, 0.1) is 5.82 Å². The minimum absolute atomic E-state index is 0.250. The fraction of sp³-hybridized carbons (Fsp3) is 0.294. The number of hydrogen-bond donors (Lipinski definition) is 1. The van der Waals surface area contributed by atoms with E-state index in [1.165, 1.54) is 11.6 Å². The Labute approximate surface area is 124 Å². The maximum Gasteiger partial charge on any atom is 0.127 e. The Hall–Kier alpha value is -1.38. The van der Waals surface area contributed by atoms with Crippen molar-refractivity contribution < 1.29 is 4.39 Å². The van der Waals surface area contributed by atoms with Gasteiger partial charge in [-0.05, 0) is 36.1 Å². The maximum absolute atomic E-state index is 13.8. The van der Waals surface area contributed by atoms with Gasteiger partial charge in [-0.2, -0.15) is 0 Å². The molecule has 1 atom stereocenters. The van der Waals surface area contributed by atoms with E-state index in [0.717, 1.165) is 18.4 Å². The fourth-order valence-electron chi connectivity index (χ4n) is 2.29. The van der Waals surface area contributed by atoms with Crippen LogP contribution in [-0.4, -0.2) is 0 Å². The highest BCUT2D eigenvalue weighted by molar-refractivity contribution is 6.31. The summed E-state index contributed by atoms with van der Waals surface area (Å²) in [5.41, 5.74) is 8.95. The van der Waals surface area contributed by atoms with E-state index in [1.54, 1.807) is 12.1 Å². The monoisotopic (exact) mass is 291 g/mol. The van der Waals surface area contributed by atoms with E-state index >= 15 is 0 Å². The molecule has 0 saturated carbocycles. The van der Waals surface area contributed by atoms with Crippen molar-refractivity contribution in [2.24, 2.45) is 5.73 Å². The van der Waals surface area contributed by atoms with Crippen LogP contribution in [0.2, 0.25) is 5.02 Å². The first kappa shape index (κ1) is 15.0. The van der Waals surface area contributed by atoms with Gasteiger partial charge in [-0.3, -0.25) is 0 Å². The van der Waals surface area contributed by atoms with Gasteiger partial charge in [0.25, 0.3) is 0 Å². The van der Waals surface area contributed by atoms with Gasteiger partial charge in [0.05, 0.1) is 0 Å². The highest BCUT2D eigenvalue weighted by Crippen LogP contribution is 2.24. The van der Waals surface area contributed by atoms with Crippen LogP contribution < -0.4 is 5.73 Å². The van der Waals surface area contributed by atoms with Crippen LogP contribution in [0.3, 0.4) is 0 Å². The smallest absolute Gasteiger partial charge is 0.127 e. The fourth-order valence-corrected chi connectivity index (χ4v) is 2.53. The predicted octanol–water partition coefficient (Wildman–Crippen LogP) is 4.67. The molecule has 0 heterocycles. The lowest BCUT2D eigenvalue weighted by Gasteiger charge is -2.14. The number of aryl methyl sites for hydroxylation is 1. The number of hydrogen-bond acceptors (Lipinski definition) is 1. The Morgan fingerprint density at radius 3 is 2.45 bits per heavy atom. The molecule has 0 amide bonds. The Morgan fingerprint density at radius 1 is 1.15 bits per heavy atom. The molecule has 0 radical (unpaired) electrons. The third kappa shape index (κ3) is 3.59. The molecule has 0 bridgehead atoms. The lowest BCUT2D eigenvalue weighted by Crippen LogP contribution is -2.14. The molecule has 0 aliphatic rings. The third-order valence-electron chi connectivity index (χ3n) is 3.43. The van der Waals surface area contributed by atoms with Crippen LogP contribution in [-0.2, 0) is 12.8 Å². The predicted molar refractivity (Wildman–Crippen MR) is 82.5 cm³/mol. The first-order chi connectivity index (χ1) is 9.61. The molecule has 2 aromatic carbocycles. The number of nitrogens with two attached hydrogens (primary N) is 1. The van der Waals surface area contributed by atoms with Crippen LogP contribution in [0.25, 0.3) is 0 Å². The molecule has 0 aliphatic heterocycles. The quantitative estimate of drug-likeness (QED) is 0.851. The Morgan fingerprint density at radius 2 is 1.85 bits per heavy atom. The van der Waals surface area contributed by atoms with Crippen molar-refractivity contribution in [3.63, 3.8) is 0 Å². The summed E-state index contributed by atoms with van der Waals surface area (Å²) in [4.78, 5) is 0. The van der Waals surface area contributed by atoms with E-state index in [1.807, 2.05) is 12.1 Å².